The third-order valence-corrected chi connectivity index (χ3v) is 5.28. The lowest BCUT2D eigenvalue weighted by molar-refractivity contribution is -0.385. The van der Waals surface area contributed by atoms with Gasteiger partial charge in [0, 0.05) is 6.07 Å². The van der Waals surface area contributed by atoms with Gasteiger partial charge in [-0.15, -0.1) is 0 Å². The number of amides is 4. The van der Waals surface area contributed by atoms with Crippen molar-refractivity contribution in [3.8, 4) is 0 Å². The van der Waals surface area contributed by atoms with Gasteiger partial charge < -0.3 is 10.6 Å². The number of nitro benzene ring substituents is 1. The van der Waals surface area contributed by atoms with Crippen LogP contribution in [0.2, 0.25) is 0 Å². The van der Waals surface area contributed by atoms with Gasteiger partial charge >= 0.3 is 6.03 Å². The second-order valence-corrected chi connectivity index (χ2v) is 7.07. The monoisotopic (exact) mass is 374 g/mol. The SMILES string of the molecule is Cc1c(NC(=O)CN2C(=O)NC3(CCCCCC3)C2=O)cccc1[N+](=O)[O-]. The number of imide groups is 1. The lowest BCUT2D eigenvalue weighted by Crippen LogP contribution is -2.47. The molecule has 0 radical (unpaired) electrons. The highest BCUT2D eigenvalue weighted by atomic mass is 16.6. The number of hydrogen-bond donors (Lipinski definition) is 2. The number of benzene rings is 1. The second kappa shape index (κ2) is 7.34. The lowest BCUT2D eigenvalue weighted by atomic mass is 9.90. The number of carbonyl (C=O) groups is 3. The van der Waals surface area contributed by atoms with E-state index in [-0.39, 0.29) is 17.3 Å². The topological polar surface area (TPSA) is 122 Å². The number of nitrogens with zero attached hydrogens (tertiary/aromatic N) is 2. The van der Waals surface area contributed by atoms with E-state index >= 15 is 0 Å². The average molecular weight is 374 g/mol. The molecule has 3 rings (SSSR count). The third kappa shape index (κ3) is 3.62. The summed E-state index contributed by atoms with van der Waals surface area (Å²) in [6, 6.07) is 3.79. The molecule has 27 heavy (non-hydrogen) atoms. The largest absolute Gasteiger partial charge is 0.325 e. The number of urea groups is 1. The predicted molar refractivity (Wildman–Crippen MR) is 97.1 cm³/mol. The number of anilines is 1. The van der Waals surface area contributed by atoms with Crippen molar-refractivity contribution in [2.45, 2.75) is 51.0 Å². The quantitative estimate of drug-likeness (QED) is 0.476. The Balaban J connectivity index is 1.71. The first-order valence-corrected chi connectivity index (χ1v) is 9.02. The summed E-state index contributed by atoms with van der Waals surface area (Å²) < 4.78 is 0. The van der Waals surface area contributed by atoms with E-state index in [1.165, 1.54) is 19.1 Å². The molecule has 1 spiro atoms. The van der Waals surface area contributed by atoms with E-state index in [2.05, 4.69) is 10.6 Å². The minimum absolute atomic E-state index is 0.111. The van der Waals surface area contributed by atoms with E-state index in [1.54, 1.807) is 6.07 Å². The van der Waals surface area contributed by atoms with E-state index in [1.807, 2.05) is 0 Å². The van der Waals surface area contributed by atoms with Gasteiger partial charge in [-0.1, -0.05) is 31.7 Å². The van der Waals surface area contributed by atoms with E-state index in [9.17, 15) is 24.5 Å². The van der Waals surface area contributed by atoms with Gasteiger partial charge in [0.25, 0.3) is 11.6 Å². The molecule has 4 amide bonds. The van der Waals surface area contributed by atoms with Crippen LogP contribution in [-0.4, -0.2) is 39.8 Å². The number of rotatable bonds is 4. The first kappa shape index (κ1) is 18.8. The second-order valence-electron chi connectivity index (χ2n) is 7.07. The molecule has 0 bridgehead atoms. The van der Waals surface area contributed by atoms with Crippen LogP contribution in [0.15, 0.2) is 18.2 Å². The maximum Gasteiger partial charge on any atom is 0.325 e. The summed E-state index contributed by atoms with van der Waals surface area (Å²) in [6.45, 7) is 1.11. The van der Waals surface area contributed by atoms with Crippen LogP contribution in [0.1, 0.15) is 44.1 Å². The summed E-state index contributed by atoms with van der Waals surface area (Å²) in [7, 11) is 0. The first-order valence-electron chi connectivity index (χ1n) is 9.02. The predicted octanol–water partition coefficient (Wildman–Crippen LogP) is 2.49. The Morgan fingerprint density at radius 3 is 2.56 bits per heavy atom. The molecule has 1 aromatic rings. The molecule has 1 aromatic carbocycles. The van der Waals surface area contributed by atoms with Crippen LogP contribution in [0.3, 0.4) is 0 Å². The Morgan fingerprint density at radius 2 is 1.93 bits per heavy atom. The molecule has 1 aliphatic heterocycles. The third-order valence-electron chi connectivity index (χ3n) is 5.28. The average Bonchev–Trinajstić information content (AvgIpc) is 2.79. The molecule has 1 saturated heterocycles. The number of nitro groups is 1. The molecule has 9 nitrogen and oxygen atoms in total. The van der Waals surface area contributed by atoms with E-state index < -0.39 is 28.9 Å². The Morgan fingerprint density at radius 1 is 1.26 bits per heavy atom. The van der Waals surface area contributed by atoms with E-state index in [4.69, 9.17) is 0 Å². The van der Waals surface area contributed by atoms with Gasteiger partial charge in [0.15, 0.2) is 0 Å². The van der Waals surface area contributed by atoms with Crippen molar-refractivity contribution >= 4 is 29.2 Å². The minimum atomic E-state index is -0.894. The van der Waals surface area contributed by atoms with Crippen molar-refractivity contribution in [3.63, 3.8) is 0 Å². The van der Waals surface area contributed by atoms with Crippen molar-refractivity contribution in [1.82, 2.24) is 10.2 Å². The van der Waals surface area contributed by atoms with Gasteiger partial charge in [0.05, 0.1) is 16.2 Å². The maximum absolute atomic E-state index is 12.8. The summed E-state index contributed by atoms with van der Waals surface area (Å²) in [5, 5.41) is 16.4. The normalized spacial score (nSPS) is 18.9. The number of hydrogen-bond acceptors (Lipinski definition) is 5. The molecule has 1 saturated carbocycles. The first-order chi connectivity index (χ1) is 12.8. The molecule has 0 aromatic heterocycles. The highest BCUT2D eigenvalue weighted by molar-refractivity contribution is 6.10. The molecule has 0 unspecified atom stereocenters. The summed E-state index contributed by atoms with van der Waals surface area (Å²) in [5.41, 5.74) is -0.408. The fourth-order valence-electron chi connectivity index (χ4n) is 3.78. The van der Waals surface area contributed by atoms with Crippen LogP contribution in [0.25, 0.3) is 0 Å². The lowest BCUT2D eigenvalue weighted by Gasteiger charge is -2.24. The molecule has 1 aliphatic carbocycles. The van der Waals surface area contributed by atoms with Crippen molar-refractivity contribution in [3.05, 3.63) is 33.9 Å². The molecule has 1 heterocycles. The van der Waals surface area contributed by atoms with Crippen LogP contribution in [0.5, 0.6) is 0 Å². The summed E-state index contributed by atoms with van der Waals surface area (Å²) in [6.07, 6.45) is 4.94. The van der Waals surface area contributed by atoms with Crippen molar-refractivity contribution < 1.29 is 19.3 Å². The van der Waals surface area contributed by atoms with Crippen LogP contribution >= 0.6 is 0 Å². The Labute approximate surface area is 156 Å². The maximum atomic E-state index is 12.8. The molecule has 2 fully saturated rings. The van der Waals surface area contributed by atoms with Crippen LogP contribution < -0.4 is 10.6 Å². The van der Waals surface area contributed by atoms with E-state index in [0.717, 1.165) is 30.6 Å². The van der Waals surface area contributed by atoms with Gasteiger partial charge in [0.2, 0.25) is 5.91 Å². The molecule has 9 heteroatoms. The van der Waals surface area contributed by atoms with Gasteiger partial charge in [-0.25, -0.2) is 4.79 Å². The molecular formula is C18H22N4O5. The Bertz CT molecular complexity index is 799. The zero-order chi connectivity index (χ0) is 19.6. The van der Waals surface area contributed by atoms with Gasteiger partial charge in [0.1, 0.15) is 12.1 Å². The van der Waals surface area contributed by atoms with Crippen molar-refractivity contribution in [1.29, 1.82) is 0 Å². The summed E-state index contributed by atoms with van der Waals surface area (Å²) >= 11 is 0. The summed E-state index contributed by atoms with van der Waals surface area (Å²) in [4.78, 5) is 48.9. The van der Waals surface area contributed by atoms with Crippen molar-refractivity contribution in [2.24, 2.45) is 0 Å². The summed E-state index contributed by atoms with van der Waals surface area (Å²) in [5.74, 6) is -0.937. The standard InChI is InChI=1S/C18H22N4O5/c1-12-13(7-6-8-14(12)22(26)27)19-15(23)11-21-16(24)18(20-17(21)25)9-4-2-3-5-10-18/h6-8H,2-5,9-11H2,1H3,(H,19,23)(H,20,25). The van der Waals surface area contributed by atoms with E-state index in [0.29, 0.717) is 18.4 Å². The molecule has 144 valence electrons. The molecule has 0 atom stereocenters. The highest BCUT2D eigenvalue weighted by Crippen LogP contribution is 2.32. The number of nitrogens with one attached hydrogen (secondary N) is 2. The Kier molecular flexibility index (Phi) is 5.11. The van der Waals surface area contributed by atoms with Gasteiger partial charge in [-0.05, 0) is 25.8 Å². The molecular weight excluding hydrogens is 352 g/mol. The molecule has 2 aliphatic rings. The van der Waals surface area contributed by atoms with Crippen LogP contribution in [0, 0.1) is 17.0 Å². The zero-order valence-corrected chi connectivity index (χ0v) is 15.1. The van der Waals surface area contributed by atoms with Crippen LogP contribution in [0.4, 0.5) is 16.2 Å². The van der Waals surface area contributed by atoms with Gasteiger partial charge in [-0.3, -0.25) is 24.6 Å². The number of carbonyl (C=O) groups excluding carboxylic acids is 3. The minimum Gasteiger partial charge on any atom is -0.324 e. The highest BCUT2D eigenvalue weighted by Gasteiger charge is 2.51. The van der Waals surface area contributed by atoms with Crippen molar-refractivity contribution in [2.75, 3.05) is 11.9 Å². The zero-order valence-electron chi connectivity index (χ0n) is 15.1. The fraction of sp³-hybridized carbons (Fsp3) is 0.500. The smallest absolute Gasteiger partial charge is 0.324 e. The fourth-order valence-corrected chi connectivity index (χ4v) is 3.78. The molecule has 2 N–H and O–H groups in total. The van der Waals surface area contributed by atoms with Crippen LogP contribution in [-0.2, 0) is 9.59 Å². The Hall–Kier alpha value is -2.97. The van der Waals surface area contributed by atoms with Gasteiger partial charge in [-0.2, -0.15) is 0 Å².